The smallest absolute Gasteiger partial charge is 0.410 e. The van der Waals surface area contributed by atoms with E-state index in [0.29, 0.717) is 18.1 Å². The lowest BCUT2D eigenvalue weighted by atomic mass is 10.1. The summed E-state index contributed by atoms with van der Waals surface area (Å²) in [6.45, 7) is 6.66. The summed E-state index contributed by atoms with van der Waals surface area (Å²) < 4.78 is 6.15. The molecule has 2 rings (SSSR count). The normalized spacial score (nSPS) is 18.0. The van der Waals surface area contributed by atoms with Crippen molar-refractivity contribution >= 4 is 39.5 Å². The van der Waals surface area contributed by atoms with Crippen molar-refractivity contribution in [2.75, 3.05) is 13.1 Å². The number of halogens is 2. The summed E-state index contributed by atoms with van der Waals surface area (Å²) in [6, 6.07) is 5.39. The van der Waals surface area contributed by atoms with Crippen LogP contribution in [-0.4, -0.2) is 41.6 Å². The lowest BCUT2D eigenvalue weighted by molar-refractivity contribution is -0.121. The Hall–Kier alpha value is -1.27. The van der Waals surface area contributed by atoms with E-state index in [1.807, 2.05) is 32.9 Å². The van der Waals surface area contributed by atoms with E-state index >= 15 is 0 Å². The van der Waals surface area contributed by atoms with Crippen molar-refractivity contribution in [1.29, 1.82) is 0 Å². The van der Waals surface area contributed by atoms with E-state index in [9.17, 15) is 9.59 Å². The molecule has 1 aromatic carbocycles. The van der Waals surface area contributed by atoms with Crippen molar-refractivity contribution in [3.05, 3.63) is 33.3 Å². The number of hydrogen-bond donors (Lipinski definition) is 1. The molecule has 138 valence electrons. The van der Waals surface area contributed by atoms with E-state index in [2.05, 4.69) is 21.2 Å². The average molecular weight is 432 g/mol. The zero-order valence-electron chi connectivity index (χ0n) is 14.8. The molecule has 1 aromatic rings. The van der Waals surface area contributed by atoms with Crippen molar-refractivity contribution in [2.45, 2.75) is 51.7 Å². The van der Waals surface area contributed by atoms with Gasteiger partial charge < -0.3 is 15.0 Å². The van der Waals surface area contributed by atoms with Gasteiger partial charge in [-0.2, -0.15) is 0 Å². The molecule has 0 radical (unpaired) electrons. The topological polar surface area (TPSA) is 58.6 Å². The minimum atomic E-state index is -0.522. The van der Waals surface area contributed by atoms with Gasteiger partial charge in [0.2, 0.25) is 5.91 Å². The highest BCUT2D eigenvalue weighted by molar-refractivity contribution is 9.10. The van der Waals surface area contributed by atoms with Crippen molar-refractivity contribution < 1.29 is 14.3 Å². The molecule has 1 atom stereocenters. The first-order valence-electron chi connectivity index (χ1n) is 8.36. The third-order valence-electron chi connectivity index (χ3n) is 3.82. The van der Waals surface area contributed by atoms with Crippen LogP contribution in [0.1, 0.15) is 39.2 Å². The van der Waals surface area contributed by atoms with Crippen LogP contribution in [0.2, 0.25) is 5.02 Å². The number of nitrogens with one attached hydrogen (secondary N) is 1. The Morgan fingerprint density at radius 1 is 1.40 bits per heavy atom. The summed E-state index contributed by atoms with van der Waals surface area (Å²) in [5.41, 5.74) is 0.316. The quantitative estimate of drug-likeness (QED) is 0.782. The number of hydrogen-bond acceptors (Lipinski definition) is 3. The maximum atomic E-state index is 12.3. The highest BCUT2D eigenvalue weighted by Gasteiger charge is 2.28. The number of benzene rings is 1. The van der Waals surface area contributed by atoms with Crippen molar-refractivity contribution in [3.8, 4) is 0 Å². The summed E-state index contributed by atoms with van der Waals surface area (Å²) in [6.07, 6.45) is 1.60. The van der Waals surface area contributed by atoms with E-state index in [1.165, 1.54) is 0 Å². The molecule has 1 aliphatic rings. The van der Waals surface area contributed by atoms with Crippen LogP contribution < -0.4 is 5.32 Å². The van der Waals surface area contributed by atoms with E-state index in [4.69, 9.17) is 16.3 Å². The Kier molecular flexibility index (Phi) is 6.74. The summed E-state index contributed by atoms with van der Waals surface area (Å²) in [5, 5.41) is 3.59. The van der Waals surface area contributed by atoms with E-state index in [0.717, 1.165) is 22.9 Å². The molecule has 2 amide bonds. The Balaban J connectivity index is 1.90. The molecule has 5 nitrogen and oxygen atoms in total. The second-order valence-electron chi connectivity index (χ2n) is 7.22. The van der Waals surface area contributed by atoms with Gasteiger partial charge in [-0.05, 0) is 61.2 Å². The van der Waals surface area contributed by atoms with E-state index in [1.54, 1.807) is 11.0 Å². The van der Waals surface area contributed by atoms with Gasteiger partial charge in [0.25, 0.3) is 0 Å². The number of carbonyl (C=O) groups is 2. The van der Waals surface area contributed by atoms with Crippen LogP contribution in [0.25, 0.3) is 0 Å². The van der Waals surface area contributed by atoms with E-state index in [-0.39, 0.29) is 24.5 Å². The number of carbonyl (C=O) groups excluding carboxylic acids is 2. The molecule has 7 heteroatoms. The largest absolute Gasteiger partial charge is 0.444 e. The SMILES string of the molecule is CC(C)(C)OC(=O)N1CCCC(NC(=O)Cc2cccc(Cl)c2Br)C1. The number of rotatable bonds is 3. The van der Waals surface area contributed by atoms with Gasteiger partial charge in [0.05, 0.1) is 11.4 Å². The zero-order chi connectivity index (χ0) is 18.6. The summed E-state index contributed by atoms with van der Waals surface area (Å²) in [5.74, 6) is -0.0843. The van der Waals surface area contributed by atoms with Crippen LogP contribution >= 0.6 is 27.5 Å². The van der Waals surface area contributed by atoms with E-state index < -0.39 is 5.60 Å². The first kappa shape index (κ1) is 20.0. The molecule has 25 heavy (non-hydrogen) atoms. The molecule has 0 aliphatic carbocycles. The maximum absolute atomic E-state index is 12.3. The molecule has 1 unspecified atom stereocenters. The predicted octanol–water partition coefficient (Wildman–Crippen LogP) is 4.16. The molecular weight excluding hydrogens is 408 g/mol. The fourth-order valence-corrected chi connectivity index (χ4v) is 3.32. The minimum absolute atomic E-state index is 0.0632. The molecule has 0 saturated carbocycles. The van der Waals surface area contributed by atoms with Crippen LogP contribution in [-0.2, 0) is 16.0 Å². The second kappa shape index (κ2) is 8.41. The molecule has 1 heterocycles. The molecule has 0 spiro atoms. The standard InChI is InChI=1S/C18H24BrClN2O3/c1-18(2,3)25-17(24)22-9-5-7-13(11-22)21-15(23)10-12-6-4-8-14(20)16(12)19/h4,6,8,13H,5,7,9-11H2,1-3H3,(H,21,23). The summed E-state index contributed by atoms with van der Waals surface area (Å²) >= 11 is 9.47. The minimum Gasteiger partial charge on any atom is -0.444 e. The van der Waals surface area contributed by atoms with Gasteiger partial charge in [-0.25, -0.2) is 4.79 Å². The fraction of sp³-hybridized carbons (Fsp3) is 0.556. The molecule has 1 fully saturated rings. The zero-order valence-corrected chi connectivity index (χ0v) is 17.1. The van der Waals surface area contributed by atoms with Gasteiger partial charge in [0.1, 0.15) is 5.60 Å². The van der Waals surface area contributed by atoms with Crippen LogP contribution in [0, 0.1) is 0 Å². The fourth-order valence-electron chi connectivity index (χ4n) is 2.72. The number of ether oxygens (including phenoxy) is 1. The third kappa shape index (κ3) is 6.19. The maximum Gasteiger partial charge on any atom is 0.410 e. The molecule has 0 aromatic heterocycles. The average Bonchev–Trinajstić information content (AvgIpc) is 2.50. The van der Waals surface area contributed by atoms with Crippen molar-refractivity contribution in [1.82, 2.24) is 10.2 Å². The van der Waals surface area contributed by atoms with Gasteiger partial charge in [-0.15, -0.1) is 0 Å². The van der Waals surface area contributed by atoms with Crippen LogP contribution in [0.5, 0.6) is 0 Å². The number of likely N-dealkylation sites (tertiary alicyclic amines) is 1. The molecular formula is C18H24BrClN2O3. The Labute approximate surface area is 162 Å². The van der Waals surface area contributed by atoms with Gasteiger partial charge in [0.15, 0.2) is 0 Å². The van der Waals surface area contributed by atoms with Gasteiger partial charge in [0, 0.05) is 23.6 Å². The number of piperidine rings is 1. The van der Waals surface area contributed by atoms with Crippen molar-refractivity contribution in [2.24, 2.45) is 0 Å². The summed E-state index contributed by atoms with van der Waals surface area (Å²) in [7, 11) is 0. The Morgan fingerprint density at radius 2 is 2.12 bits per heavy atom. The van der Waals surface area contributed by atoms with Crippen LogP contribution in [0.4, 0.5) is 4.79 Å². The third-order valence-corrected chi connectivity index (χ3v) is 5.30. The molecule has 0 bridgehead atoms. The first-order chi connectivity index (χ1) is 11.7. The van der Waals surface area contributed by atoms with Crippen molar-refractivity contribution in [3.63, 3.8) is 0 Å². The van der Waals surface area contributed by atoms with Crippen LogP contribution in [0.15, 0.2) is 22.7 Å². The monoisotopic (exact) mass is 430 g/mol. The Morgan fingerprint density at radius 3 is 2.80 bits per heavy atom. The molecule has 1 saturated heterocycles. The summed E-state index contributed by atoms with van der Waals surface area (Å²) in [4.78, 5) is 26.2. The van der Waals surface area contributed by atoms with Gasteiger partial charge in [-0.1, -0.05) is 23.7 Å². The van der Waals surface area contributed by atoms with Gasteiger partial charge >= 0.3 is 6.09 Å². The lowest BCUT2D eigenvalue weighted by Crippen LogP contribution is -2.51. The second-order valence-corrected chi connectivity index (χ2v) is 8.42. The molecule has 1 N–H and O–H groups in total. The number of amides is 2. The van der Waals surface area contributed by atoms with Crippen LogP contribution in [0.3, 0.4) is 0 Å². The molecule has 1 aliphatic heterocycles. The highest BCUT2D eigenvalue weighted by Crippen LogP contribution is 2.26. The highest BCUT2D eigenvalue weighted by atomic mass is 79.9. The van der Waals surface area contributed by atoms with Gasteiger partial charge in [-0.3, -0.25) is 4.79 Å². The Bertz CT molecular complexity index is 646. The first-order valence-corrected chi connectivity index (χ1v) is 9.53. The lowest BCUT2D eigenvalue weighted by Gasteiger charge is -2.34. The predicted molar refractivity (Wildman–Crippen MR) is 102 cm³/mol. The number of nitrogens with zero attached hydrogens (tertiary/aromatic N) is 1.